The highest BCUT2D eigenvalue weighted by Crippen LogP contribution is 2.34. The molecule has 3 aromatic heterocycles. The Morgan fingerprint density at radius 2 is 1.82 bits per heavy atom. The number of methoxy groups -OCH3 is 1. The largest absolute Gasteiger partial charge is 0.467 e. The van der Waals surface area contributed by atoms with E-state index in [1.165, 1.54) is 18.4 Å². The third-order valence-corrected chi connectivity index (χ3v) is 7.82. The van der Waals surface area contributed by atoms with E-state index in [0.29, 0.717) is 32.7 Å². The predicted octanol–water partition coefficient (Wildman–Crippen LogP) is 6.48. The second-order valence-corrected chi connectivity index (χ2v) is 10.5. The van der Waals surface area contributed by atoms with Crippen molar-refractivity contribution < 1.29 is 14.3 Å². The quantitative estimate of drug-likeness (QED) is 0.213. The Bertz CT molecular complexity index is 1620. The number of carbonyl (C=O) groups excluding carboxylic acids is 2. The van der Waals surface area contributed by atoms with E-state index >= 15 is 0 Å². The molecule has 0 spiro atoms. The SMILES string of the molecule is COC(=O)[C@H](Cc1ccccc1)NC(=O)c1ccc(-c2cc(-c3cccnc3)nn2-c2ccc(Cl)c(Cl)c2)s1. The van der Waals surface area contributed by atoms with Gasteiger partial charge in [-0.3, -0.25) is 9.78 Å². The summed E-state index contributed by atoms with van der Waals surface area (Å²) in [5, 5.41) is 8.46. The number of halogens is 2. The van der Waals surface area contributed by atoms with Gasteiger partial charge in [0, 0.05) is 24.4 Å². The van der Waals surface area contributed by atoms with Crippen molar-refractivity contribution >= 4 is 46.4 Å². The topological polar surface area (TPSA) is 86.1 Å². The van der Waals surface area contributed by atoms with Gasteiger partial charge in [-0.15, -0.1) is 11.3 Å². The minimum atomic E-state index is -0.825. The van der Waals surface area contributed by atoms with Crippen molar-refractivity contribution in [2.24, 2.45) is 0 Å². The van der Waals surface area contributed by atoms with Gasteiger partial charge in [0.2, 0.25) is 0 Å². The standard InChI is InChI=1S/C29H22Cl2N4O3S/c1-38-29(37)24(14-18-6-3-2-4-7-18)33-28(36)27-12-11-26(39-27)25-16-23(19-8-5-13-32-17-19)34-35(25)20-9-10-21(30)22(31)15-20/h2-13,15-17,24H,14H2,1H3,(H,33,36)/t24-/m0/s1. The Balaban J connectivity index is 1.46. The van der Waals surface area contributed by atoms with Gasteiger partial charge in [0.1, 0.15) is 6.04 Å². The normalized spacial score (nSPS) is 11.7. The predicted molar refractivity (Wildman–Crippen MR) is 154 cm³/mol. The number of pyridine rings is 1. The lowest BCUT2D eigenvalue weighted by molar-refractivity contribution is -0.142. The average molecular weight is 577 g/mol. The molecule has 0 aliphatic carbocycles. The fourth-order valence-electron chi connectivity index (χ4n) is 4.04. The van der Waals surface area contributed by atoms with Crippen molar-refractivity contribution in [2.75, 3.05) is 7.11 Å². The van der Waals surface area contributed by atoms with Crippen molar-refractivity contribution in [3.8, 4) is 27.5 Å². The molecule has 5 rings (SSSR count). The van der Waals surface area contributed by atoms with E-state index < -0.39 is 12.0 Å². The summed E-state index contributed by atoms with van der Waals surface area (Å²) in [6, 6.07) is 23.2. The summed E-state index contributed by atoms with van der Waals surface area (Å²) in [4.78, 5) is 31.1. The lowest BCUT2D eigenvalue weighted by Crippen LogP contribution is -2.42. The van der Waals surface area contributed by atoms with E-state index in [4.69, 9.17) is 33.0 Å². The molecule has 3 heterocycles. The summed E-state index contributed by atoms with van der Waals surface area (Å²) < 4.78 is 6.69. The summed E-state index contributed by atoms with van der Waals surface area (Å²) in [5.74, 6) is -0.881. The van der Waals surface area contributed by atoms with E-state index in [1.807, 2.05) is 60.7 Å². The first-order valence-electron chi connectivity index (χ1n) is 11.9. The van der Waals surface area contributed by atoms with Crippen LogP contribution in [0.25, 0.3) is 27.5 Å². The van der Waals surface area contributed by atoms with E-state index in [2.05, 4.69) is 10.3 Å². The molecule has 0 saturated heterocycles. The molecular formula is C29H22Cl2N4O3S. The number of hydrogen-bond donors (Lipinski definition) is 1. The van der Waals surface area contributed by atoms with Gasteiger partial charge in [0.25, 0.3) is 5.91 Å². The van der Waals surface area contributed by atoms with Crippen molar-refractivity contribution in [1.82, 2.24) is 20.1 Å². The molecule has 0 unspecified atom stereocenters. The number of nitrogens with zero attached hydrogens (tertiary/aromatic N) is 3. The number of carbonyl (C=O) groups is 2. The van der Waals surface area contributed by atoms with Gasteiger partial charge < -0.3 is 10.1 Å². The number of benzene rings is 2. The van der Waals surface area contributed by atoms with Gasteiger partial charge in [-0.2, -0.15) is 5.10 Å². The lowest BCUT2D eigenvalue weighted by Gasteiger charge is -2.16. The molecule has 2 aromatic carbocycles. The fourth-order valence-corrected chi connectivity index (χ4v) is 5.24. The maximum Gasteiger partial charge on any atom is 0.328 e. The zero-order valence-electron chi connectivity index (χ0n) is 20.7. The highest BCUT2D eigenvalue weighted by atomic mass is 35.5. The number of thiophene rings is 1. The molecule has 0 bridgehead atoms. The van der Waals surface area contributed by atoms with Crippen molar-refractivity contribution in [3.63, 3.8) is 0 Å². The molecule has 39 heavy (non-hydrogen) atoms. The van der Waals surface area contributed by atoms with Crippen LogP contribution < -0.4 is 5.32 Å². The van der Waals surface area contributed by atoms with Gasteiger partial charge in [0.15, 0.2) is 0 Å². The molecule has 5 aromatic rings. The smallest absolute Gasteiger partial charge is 0.328 e. The molecule has 1 amide bonds. The number of aromatic nitrogens is 3. The average Bonchev–Trinajstić information content (AvgIpc) is 3.63. The second kappa shape index (κ2) is 11.8. The number of esters is 1. The van der Waals surface area contributed by atoms with E-state index in [0.717, 1.165) is 21.7 Å². The minimum absolute atomic E-state index is 0.316. The van der Waals surface area contributed by atoms with Gasteiger partial charge >= 0.3 is 5.97 Å². The van der Waals surface area contributed by atoms with Crippen LogP contribution in [0, 0.1) is 0 Å². The second-order valence-electron chi connectivity index (χ2n) is 8.57. The number of amides is 1. The summed E-state index contributed by atoms with van der Waals surface area (Å²) in [5.41, 5.74) is 3.92. The van der Waals surface area contributed by atoms with Gasteiger partial charge in [-0.25, -0.2) is 9.48 Å². The summed E-state index contributed by atoms with van der Waals surface area (Å²) in [6.07, 6.45) is 3.75. The highest BCUT2D eigenvalue weighted by Gasteiger charge is 2.24. The summed E-state index contributed by atoms with van der Waals surface area (Å²) in [7, 11) is 1.31. The third-order valence-electron chi connectivity index (χ3n) is 5.97. The molecule has 196 valence electrons. The first-order valence-corrected chi connectivity index (χ1v) is 13.5. The number of ether oxygens (including phenoxy) is 1. The van der Waals surface area contributed by atoms with Crippen LogP contribution in [0.3, 0.4) is 0 Å². The fraction of sp³-hybridized carbons (Fsp3) is 0.103. The van der Waals surface area contributed by atoms with Gasteiger partial charge in [-0.1, -0.05) is 53.5 Å². The van der Waals surface area contributed by atoms with Gasteiger partial charge in [0.05, 0.1) is 44.0 Å². The molecule has 0 radical (unpaired) electrons. The molecule has 0 fully saturated rings. The van der Waals surface area contributed by atoms with Crippen LogP contribution >= 0.6 is 34.5 Å². The third kappa shape index (κ3) is 6.04. The summed E-state index contributed by atoms with van der Waals surface area (Å²) in [6.45, 7) is 0. The molecule has 10 heteroatoms. The lowest BCUT2D eigenvalue weighted by atomic mass is 10.1. The van der Waals surface area contributed by atoms with Crippen LogP contribution in [0.1, 0.15) is 15.2 Å². The van der Waals surface area contributed by atoms with E-state index in [1.54, 1.807) is 35.3 Å². The Kier molecular flexibility index (Phi) is 8.07. The Morgan fingerprint density at radius 1 is 1.00 bits per heavy atom. The monoisotopic (exact) mass is 576 g/mol. The van der Waals surface area contributed by atoms with Gasteiger partial charge in [-0.05, 0) is 54.1 Å². The molecule has 1 atom stereocenters. The van der Waals surface area contributed by atoms with Crippen LogP contribution in [-0.2, 0) is 16.0 Å². The van der Waals surface area contributed by atoms with Crippen LogP contribution in [0.5, 0.6) is 0 Å². The van der Waals surface area contributed by atoms with Crippen LogP contribution in [0.4, 0.5) is 0 Å². The molecule has 0 aliphatic heterocycles. The van der Waals surface area contributed by atoms with Crippen molar-refractivity contribution in [1.29, 1.82) is 0 Å². The van der Waals surface area contributed by atoms with E-state index in [-0.39, 0.29) is 5.91 Å². The van der Waals surface area contributed by atoms with Crippen LogP contribution in [0.2, 0.25) is 10.0 Å². The minimum Gasteiger partial charge on any atom is -0.467 e. The maximum absolute atomic E-state index is 13.2. The number of nitrogens with one attached hydrogen (secondary N) is 1. The summed E-state index contributed by atoms with van der Waals surface area (Å²) >= 11 is 13.7. The number of rotatable bonds is 8. The Morgan fingerprint density at radius 3 is 2.54 bits per heavy atom. The first-order chi connectivity index (χ1) is 18.9. The Hall–Kier alpha value is -3.98. The zero-order chi connectivity index (χ0) is 27.4. The number of hydrogen-bond acceptors (Lipinski definition) is 6. The first kappa shape index (κ1) is 26.6. The van der Waals surface area contributed by atoms with Crippen LogP contribution in [0.15, 0.2) is 91.3 Å². The van der Waals surface area contributed by atoms with Crippen molar-refractivity contribution in [3.05, 3.63) is 112 Å². The molecule has 1 N–H and O–H groups in total. The highest BCUT2D eigenvalue weighted by molar-refractivity contribution is 7.17. The maximum atomic E-state index is 13.2. The van der Waals surface area contributed by atoms with E-state index in [9.17, 15) is 9.59 Å². The van der Waals surface area contributed by atoms with Crippen molar-refractivity contribution in [2.45, 2.75) is 12.5 Å². The molecular weight excluding hydrogens is 555 g/mol. The van der Waals surface area contributed by atoms with Crippen LogP contribution in [-0.4, -0.2) is 39.8 Å². The molecule has 0 saturated carbocycles. The Labute approximate surface area is 239 Å². The molecule has 0 aliphatic rings. The zero-order valence-corrected chi connectivity index (χ0v) is 23.0. The molecule has 7 nitrogen and oxygen atoms in total.